The number of anilines is 1. The number of piperazine rings is 1. The van der Waals surface area contributed by atoms with Crippen LogP contribution in [0.2, 0.25) is 0 Å². The minimum atomic E-state index is -0.556. The van der Waals surface area contributed by atoms with Gasteiger partial charge in [0.15, 0.2) is 6.61 Å². The van der Waals surface area contributed by atoms with E-state index in [0.717, 1.165) is 0 Å². The lowest BCUT2D eigenvalue weighted by Crippen LogP contribution is -2.52. The highest BCUT2D eigenvalue weighted by atomic mass is 16.6. The zero-order valence-electron chi connectivity index (χ0n) is 18.7. The van der Waals surface area contributed by atoms with Crippen molar-refractivity contribution in [3.63, 3.8) is 0 Å². The maximum absolute atomic E-state index is 12.5. The Labute approximate surface area is 187 Å². The van der Waals surface area contributed by atoms with Crippen molar-refractivity contribution in [2.24, 2.45) is 0 Å². The number of imide groups is 1. The zero-order valence-corrected chi connectivity index (χ0v) is 18.7. The molecule has 2 saturated heterocycles. The molecule has 10 nitrogen and oxygen atoms in total. The first kappa shape index (κ1) is 23.4. The third-order valence-electron chi connectivity index (χ3n) is 5.06. The molecular weight excluding hydrogens is 416 g/mol. The van der Waals surface area contributed by atoms with Crippen LogP contribution in [0.3, 0.4) is 0 Å². The van der Waals surface area contributed by atoms with E-state index < -0.39 is 11.6 Å². The van der Waals surface area contributed by atoms with E-state index in [-0.39, 0.29) is 36.8 Å². The summed E-state index contributed by atoms with van der Waals surface area (Å²) in [7, 11) is 0. The van der Waals surface area contributed by atoms with E-state index in [4.69, 9.17) is 9.47 Å². The second-order valence-corrected chi connectivity index (χ2v) is 8.81. The summed E-state index contributed by atoms with van der Waals surface area (Å²) in [5.41, 5.74) is 0.106. The van der Waals surface area contributed by atoms with Crippen molar-refractivity contribution in [3.05, 3.63) is 24.3 Å². The van der Waals surface area contributed by atoms with Gasteiger partial charge in [0.25, 0.3) is 5.91 Å². The van der Waals surface area contributed by atoms with Gasteiger partial charge in [0, 0.05) is 44.4 Å². The van der Waals surface area contributed by atoms with Crippen LogP contribution in [0.25, 0.3) is 0 Å². The molecule has 0 radical (unpaired) electrons. The average molecular weight is 447 g/mol. The van der Waals surface area contributed by atoms with E-state index >= 15 is 0 Å². The van der Waals surface area contributed by atoms with Crippen molar-refractivity contribution in [2.75, 3.05) is 38.1 Å². The van der Waals surface area contributed by atoms with E-state index in [9.17, 15) is 19.2 Å². The van der Waals surface area contributed by atoms with Crippen LogP contribution in [0.1, 0.15) is 33.6 Å². The number of hydrogen-bond donors (Lipinski definition) is 2. The van der Waals surface area contributed by atoms with E-state index in [1.54, 1.807) is 34.1 Å². The fraction of sp³-hybridized carbons (Fsp3) is 0.545. The van der Waals surface area contributed by atoms with Crippen LogP contribution < -0.4 is 15.4 Å². The summed E-state index contributed by atoms with van der Waals surface area (Å²) in [6.07, 6.45) is 0.333. The second kappa shape index (κ2) is 9.88. The first-order chi connectivity index (χ1) is 15.1. The maximum Gasteiger partial charge on any atom is 0.410 e. The Morgan fingerprint density at radius 3 is 2.47 bits per heavy atom. The number of carbonyl (C=O) groups is 4. The Hall–Kier alpha value is -3.30. The van der Waals surface area contributed by atoms with Crippen LogP contribution in [0.4, 0.5) is 10.5 Å². The molecule has 1 aromatic rings. The molecule has 2 fully saturated rings. The molecule has 4 amide bonds. The van der Waals surface area contributed by atoms with Gasteiger partial charge in [0.05, 0.1) is 0 Å². The lowest BCUT2D eigenvalue weighted by Gasteiger charge is -2.35. The average Bonchev–Trinajstić information content (AvgIpc) is 2.73. The molecule has 32 heavy (non-hydrogen) atoms. The van der Waals surface area contributed by atoms with Gasteiger partial charge in [-0.2, -0.15) is 0 Å². The molecule has 0 aliphatic carbocycles. The van der Waals surface area contributed by atoms with Crippen LogP contribution in [-0.2, 0) is 19.1 Å². The van der Waals surface area contributed by atoms with Gasteiger partial charge in [-0.05, 0) is 39.3 Å². The van der Waals surface area contributed by atoms with Crippen LogP contribution in [0.5, 0.6) is 5.75 Å². The number of amides is 4. The van der Waals surface area contributed by atoms with E-state index in [2.05, 4.69) is 10.6 Å². The predicted molar refractivity (Wildman–Crippen MR) is 116 cm³/mol. The van der Waals surface area contributed by atoms with Gasteiger partial charge in [-0.1, -0.05) is 6.07 Å². The number of nitrogens with one attached hydrogen (secondary N) is 2. The largest absolute Gasteiger partial charge is 0.484 e. The minimum absolute atomic E-state index is 0.131. The van der Waals surface area contributed by atoms with Gasteiger partial charge in [-0.15, -0.1) is 0 Å². The van der Waals surface area contributed by atoms with Crippen molar-refractivity contribution < 1.29 is 28.7 Å². The third-order valence-corrected chi connectivity index (χ3v) is 5.06. The first-order valence-corrected chi connectivity index (χ1v) is 10.7. The van der Waals surface area contributed by atoms with Crippen molar-refractivity contribution in [1.82, 2.24) is 15.1 Å². The molecule has 0 saturated carbocycles. The molecule has 3 rings (SSSR count). The summed E-state index contributed by atoms with van der Waals surface area (Å²) < 4.78 is 11.0. The van der Waals surface area contributed by atoms with Gasteiger partial charge < -0.3 is 24.6 Å². The molecule has 2 heterocycles. The normalized spacial score (nSPS) is 19.3. The van der Waals surface area contributed by atoms with Gasteiger partial charge in [0.1, 0.15) is 17.4 Å². The minimum Gasteiger partial charge on any atom is -0.484 e. The fourth-order valence-corrected chi connectivity index (χ4v) is 3.41. The van der Waals surface area contributed by atoms with Crippen LogP contribution in [0.15, 0.2) is 24.3 Å². The molecule has 0 bridgehead atoms. The summed E-state index contributed by atoms with van der Waals surface area (Å²) in [5.74, 6) is -0.302. The molecule has 2 aliphatic rings. The lowest BCUT2D eigenvalue weighted by molar-refractivity contribution is -0.135. The Balaban J connectivity index is 1.45. The van der Waals surface area contributed by atoms with E-state index in [0.29, 0.717) is 44.0 Å². The molecule has 0 spiro atoms. The highest BCUT2D eigenvalue weighted by molar-refractivity contribution is 6.01. The Bertz CT molecular complexity index is 873. The van der Waals surface area contributed by atoms with Crippen LogP contribution >= 0.6 is 0 Å². The topological polar surface area (TPSA) is 117 Å². The third kappa shape index (κ3) is 6.60. The molecule has 1 atom stereocenters. The Morgan fingerprint density at radius 2 is 1.81 bits per heavy atom. The molecule has 1 unspecified atom stereocenters. The Morgan fingerprint density at radius 1 is 1.12 bits per heavy atom. The molecule has 2 aliphatic heterocycles. The first-order valence-electron chi connectivity index (χ1n) is 10.7. The summed E-state index contributed by atoms with van der Waals surface area (Å²) in [6, 6.07) is 6.48. The summed E-state index contributed by atoms with van der Waals surface area (Å²) in [6.45, 7) is 6.97. The summed E-state index contributed by atoms with van der Waals surface area (Å²) in [4.78, 5) is 51.1. The molecule has 0 aromatic heterocycles. The summed E-state index contributed by atoms with van der Waals surface area (Å²) in [5, 5.41) is 5.39. The van der Waals surface area contributed by atoms with Crippen molar-refractivity contribution in [3.8, 4) is 5.75 Å². The van der Waals surface area contributed by atoms with Gasteiger partial charge in [-0.25, -0.2) is 4.79 Å². The number of piperidine rings is 1. The number of hydrogen-bond acceptors (Lipinski definition) is 7. The maximum atomic E-state index is 12.5. The molecule has 1 aromatic carbocycles. The highest BCUT2D eigenvalue weighted by Gasteiger charge is 2.28. The summed E-state index contributed by atoms with van der Waals surface area (Å²) >= 11 is 0. The van der Waals surface area contributed by atoms with Crippen LogP contribution in [-0.4, -0.2) is 78.0 Å². The molecule has 10 heteroatoms. The monoisotopic (exact) mass is 446 g/mol. The van der Waals surface area contributed by atoms with Crippen molar-refractivity contribution >= 4 is 29.5 Å². The molecule has 174 valence electrons. The SMILES string of the molecule is CC(C)(C)OC(=O)N1CCN(C(=O)COc2cccc(NC3CCC(=O)NC3=O)c2)CC1. The van der Waals surface area contributed by atoms with Crippen molar-refractivity contribution in [1.29, 1.82) is 0 Å². The fourth-order valence-electron chi connectivity index (χ4n) is 3.41. The quantitative estimate of drug-likeness (QED) is 0.656. The van der Waals surface area contributed by atoms with E-state index in [1.807, 2.05) is 20.8 Å². The number of nitrogens with zero attached hydrogens (tertiary/aromatic N) is 2. The highest BCUT2D eigenvalue weighted by Crippen LogP contribution is 2.20. The number of benzene rings is 1. The van der Waals surface area contributed by atoms with Crippen molar-refractivity contribution in [2.45, 2.75) is 45.3 Å². The van der Waals surface area contributed by atoms with Gasteiger partial charge in [0.2, 0.25) is 11.8 Å². The predicted octanol–water partition coefficient (Wildman–Crippen LogP) is 1.36. The lowest BCUT2D eigenvalue weighted by atomic mass is 10.1. The zero-order chi connectivity index (χ0) is 23.3. The Kier molecular flexibility index (Phi) is 7.22. The van der Waals surface area contributed by atoms with Crippen LogP contribution in [0, 0.1) is 0 Å². The number of rotatable bonds is 5. The van der Waals surface area contributed by atoms with Gasteiger partial charge in [-0.3, -0.25) is 19.7 Å². The smallest absolute Gasteiger partial charge is 0.410 e. The second-order valence-electron chi connectivity index (χ2n) is 8.81. The standard InChI is InChI=1S/C22H30N4O6/c1-22(2,3)32-21(30)26-11-9-25(10-12-26)19(28)14-31-16-6-4-5-15(13-16)23-17-7-8-18(27)24-20(17)29/h4-6,13,17,23H,7-12,14H2,1-3H3,(H,24,27,29). The van der Waals surface area contributed by atoms with E-state index in [1.165, 1.54) is 0 Å². The number of ether oxygens (including phenoxy) is 2. The molecule has 2 N–H and O–H groups in total. The van der Waals surface area contributed by atoms with Gasteiger partial charge >= 0.3 is 6.09 Å². The number of carbonyl (C=O) groups excluding carboxylic acids is 4. The molecular formula is C22H30N4O6.